The first-order valence-electron chi connectivity index (χ1n) is 7.49. The first kappa shape index (κ1) is 13.0. The van der Waals surface area contributed by atoms with Crippen LogP contribution in [-0.2, 0) is 0 Å². The second-order valence-electron chi connectivity index (χ2n) is 5.98. The number of benzene rings is 5. The minimum atomic E-state index is 0.710. The molecule has 0 amide bonds. The van der Waals surface area contributed by atoms with Crippen molar-refractivity contribution in [1.82, 2.24) is 0 Å². The summed E-state index contributed by atoms with van der Waals surface area (Å²) in [7, 11) is 0. The summed E-state index contributed by atoms with van der Waals surface area (Å²) in [5.41, 5.74) is 14.1. The molecule has 0 fully saturated rings. The number of fused-ring (bicyclic) bond motifs is 2. The molecule has 0 unspecified atom stereocenters. The van der Waals surface area contributed by atoms with Crippen LogP contribution in [0.15, 0.2) is 59.1 Å². The maximum absolute atomic E-state index is 6.39. The molecule has 0 spiro atoms. The van der Waals surface area contributed by atoms with Gasteiger partial charge in [-0.3, -0.25) is 0 Å². The summed E-state index contributed by atoms with van der Waals surface area (Å²) in [5, 5.41) is 9.40. The van der Waals surface area contributed by atoms with Crippen molar-refractivity contribution in [1.29, 1.82) is 0 Å². The van der Waals surface area contributed by atoms with Crippen molar-refractivity contribution in [3.05, 3.63) is 59.1 Å². The molecular formula is C20H13BrN2. The predicted octanol–water partition coefficient (Wildman–Crippen LogP) is 5.66. The van der Waals surface area contributed by atoms with Crippen molar-refractivity contribution in [2.24, 2.45) is 0 Å². The van der Waals surface area contributed by atoms with Gasteiger partial charge in [0.15, 0.2) is 0 Å². The molecule has 0 saturated heterocycles. The van der Waals surface area contributed by atoms with E-state index in [0.29, 0.717) is 5.69 Å². The Morgan fingerprint density at radius 1 is 0.609 bits per heavy atom. The van der Waals surface area contributed by atoms with Gasteiger partial charge in [-0.05, 0) is 39.1 Å². The highest BCUT2D eigenvalue weighted by Crippen LogP contribution is 2.46. The minimum Gasteiger partial charge on any atom is -0.398 e. The molecule has 110 valence electrons. The Kier molecular flexibility index (Phi) is 2.41. The average Bonchev–Trinajstić information content (AvgIpc) is 2.54. The van der Waals surface area contributed by atoms with Gasteiger partial charge < -0.3 is 11.5 Å². The Bertz CT molecular complexity index is 1240. The molecule has 0 atom stereocenters. The molecule has 0 saturated carbocycles. The zero-order valence-corrected chi connectivity index (χ0v) is 13.8. The molecular weight excluding hydrogens is 348 g/mol. The second-order valence-corrected chi connectivity index (χ2v) is 6.84. The lowest BCUT2D eigenvalue weighted by Crippen LogP contribution is -1.96. The van der Waals surface area contributed by atoms with Gasteiger partial charge in [-0.25, -0.2) is 0 Å². The number of nitrogens with two attached hydrogens (primary N) is 2. The molecule has 23 heavy (non-hydrogen) atoms. The average molecular weight is 361 g/mol. The van der Waals surface area contributed by atoms with Crippen molar-refractivity contribution in [2.75, 3.05) is 11.5 Å². The zero-order chi connectivity index (χ0) is 15.7. The number of nitrogen functional groups attached to an aromatic ring is 2. The van der Waals surface area contributed by atoms with Crippen molar-refractivity contribution in [3.63, 3.8) is 0 Å². The minimum absolute atomic E-state index is 0.710. The van der Waals surface area contributed by atoms with Crippen molar-refractivity contribution in [3.8, 4) is 0 Å². The molecule has 0 aliphatic heterocycles. The van der Waals surface area contributed by atoms with E-state index in [2.05, 4.69) is 64.5 Å². The number of rotatable bonds is 0. The van der Waals surface area contributed by atoms with Crippen molar-refractivity contribution < 1.29 is 0 Å². The van der Waals surface area contributed by atoms with Crippen LogP contribution in [0.5, 0.6) is 0 Å². The maximum atomic E-state index is 6.39. The van der Waals surface area contributed by atoms with E-state index in [-0.39, 0.29) is 0 Å². The summed E-state index contributed by atoms with van der Waals surface area (Å²) < 4.78 is 1.00. The third-order valence-electron chi connectivity index (χ3n) is 4.76. The first-order chi connectivity index (χ1) is 11.2. The molecule has 0 radical (unpaired) electrons. The summed E-state index contributed by atoms with van der Waals surface area (Å²) in [4.78, 5) is 0. The van der Waals surface area contributed by atoms with Crippen LogP contribution < -0.4 is 11.5 Å². The zero-order valence-electron chi connectivity index (χ0n) is 12.2. The third kappa shape index (κ3) is 1.52. The van der Waals surface area contributed by atoms with Gasteiger partial charge in [0, 0.05) is 32.0 Å². The van der Waals surface area contributed by atoms with Crippen molar-refractivity contribution >= 4 is 70.4 Å². The van der Waals surface area contributed by atoms with Crippen LogP contribution in [0.3, 0.4) is 0 Å². The summed E-state index contributed by atoms with van der Waals surface area (Å²) in [6.45, 7) is 0. The number of hydrogen-bond donors (Lipinski definition) is 2. The van der Waals surface area contributed by atoms with Crippen LogP contribution >= 0.6 is 15.9 Å². The molecule has 0 bridgehead atoms. The van der Waals surface area contributed by atoms with E-state index >= 15 is 0 Å². The topological polar surface area (TPSA) is 52.0 Å². The van der Waals surface area contributed by atoms with Gasteiger partial charge in [-0.2, -0.15) is 0 Å². The lowest BCUT2D eigenvalue weighted by atomic mass is 9.88. The Balaban J connectivity index is 2.31. The SMILES string of the molecule is Nc1cc(N)c2c3cccc4cccc(c5ccc(Br)c1c52)c43. The van der Waals surface area contributed by atoms with E-state index in [0.717, 1.165) is 26.3 Å². The van der Waals surface area contributed by atoms with E-state index < -0.39 is 0 Å². The maximum Gasteiger partial charge on any atom is 0.0426 e. The Labute approximate surface area is 141 Å². The van der Waals surface area contributed by atoms with Gasteiger partial charge in [-0.15, -0.1) is 0 Å². The molecule has 0 aliphatic carbocycles. The molecule has 4 N–H and O–H groups in total. The Morgan fingerprint density at radius 2 is 1.26 bits per heavy atom. The number of anilines is 2. The highest BCUT2D eigenvalue weighted by molar-refractivity contribution is 9.10. The van der Waals surface area contributed by atoms with Crippen LogP contribution in [0.2, 0.25) is 0 Å². The molecule has 0 heterocycles. The lowest BCUT2D eigenvalue weighted by Gasteiger charge is -2.17. The summed E-state index contributed by atoms with van der Waals surface area (Å²) in [6, 6.07) is 18.9. The van der Waals surface area contributed by atoms with Gasteiger partial charge >= 0.3 is 0 Å². The monoisotopic (exact) mass is 360 g/mol. The van der Waals surface area contributed by atoms with Crippen LogP contribution in [0.4, 0.5) is 11.4 Å². The summed E-state index contributed by atoms with van der Waals surface area (Å²) in [5.74, 6) is 0. The number of hydrogen-bond acceptors (Lipinski definition) is 2. The molecule has 0 aliphatic rings. The standard InChI is InChI=1S/C20H13BrN2/c21-14-8-7-12-11-5-1-3-10-4-2-6-13(17(10)11)18-15(22)9-16(23)20(14)19(12)18/h1-9H,22-23H2. The summed E-state index contributed by atoms with van der Waals surface area (Å²) in [6.07, 6.45) is 0. The fourth-order valence-electron chi connectivity index (χ4n) is 3.86. The fraction of sp³-hybridized carbons (Fsp3) is 0. The molecule has 5 rings (SSSR count). The van der Waals surface area contributed by atoms with Crippen LogP contribution in [0, 0.1) is 0 Å². The van der Waals surface area contributed by atoms with E-state index in [1.165, 1.54) is 26.9 Å². The Morgan fingerprint density at radius 3 is 2.04 bits per heavy atom. The molecule has 3 heteroatoms. The van der Waals surface area contributed by atoms with E-state index in [1.54, 1.807) is 0 Å². The van der Waals surface area contributed by atoms with Crippen LogP contribution in [0.25, 0.3) is 43.1 Å². The van der Waals surface area contributed by atoms with Gasteiger partial charge in [0.2, 0.25) is 0 Å². The molecule has 5 aromatic carbocycles. The molecule has 0 aromatic heterocycles. The van der Waals surface area contributed by atoms with E-state index in [4.69, 9.17) is 11.5 Å². The second kappa shape index (κ2) is 4.27. The van der Waals surface area contributed by atoms with Crippen LogP contribution in [0.1, 0.15) is 0 Å². The van der Waals surface area contributed by atoms with Crippen molar-refractivity contribution in [2.45, 2.75) is 0 Å². The largest absolute Gasteiger partial charge is 0.398 e. The normalized spacial score (nSPS) is 12.0. The van der Waals surface area contributed by atoms with Gasteiger partial charge in [0.05, 0.1) is 0 Å². The van der Waals surface area contributed by atoms with E-state index in [9.17, 15) is 0 Å². The molecule has 2 nitrogen and oxygen atoms in total. The molecule has 5 aromatic rings. The lowest BCUT2D eigenvalue weighted by molar-refractivity contribution is 1.72. The van der Waals surface area contributed by atoms with Gasteiger partial charge in [-0.1, -0.05) is 58.4 Å². The highest BCUT2D eigenvalue weighted by atomic mass is 79.9. The summed E-state index contributed by atoms with van der Waals surface area (Å²) >= 11 is 3.65. The first-order valence-corrected chi connectivity index (χ1v) is 8.29. The van der Waals surface area contributed by atoms with Gasteiger partial charge in [0.1, 0.15) is 0 Å². The quantitative estimate of drug-likeness (QED) is 0.212. The van der Waals surface area contributed by atoms with Gasteiger partial charge in [0.25, 0.3) is 0 Å². The highest BCUT2D eigenvalue weighted by Gasteiger charge is 2.17. The number of halogens is 1. The Hall–Kier alpha value is -2.52. The smallest absolute Gasteiger partial charge is 0.0426 e. The predicted molar refractivity (Wildman–Crippen MR) is 104 cm³/mol. The van der Waals surface area contributed by atoms with Crippen LogP contribution in [-0.4, -0.2) is 0 Å². The fourth-order valence-corrected chi connectivity index (χ4v) is 4.42. The third-order valence-corrected chi connectivity index (χ3v) is 5.42. The van der Waals surface area contributed by atoms with E-state index in [1.807, 2.05) is 6.07 Å².